The fourth-order valence-electron chi connectivity index (χ4n) is 4.54. The highest BCUT2D eigenvalue weighted by Gasteiger charge is 2.48. The Kier molecular flexibility index (Phi) is 7.43. The predicted octanol–water partition coefficient (Wildman–Crippen LogP) is 7.19. The number of hydrogen-bond acceptors (Lipinski definition) is 5. The van der Waals surface area contributed by atoms with Gasteiger partial charge >= 0.3 is 11.9 Å². The molecular formula is C28H22ClI2NO5. The van der Waals surface area contributed by atoms with E-state index in [1.54, 1.807) is 13.8 Å². The van der Waals surface area contributed by atoms with E-state index in [0.717, 1.165) is 40.5 Å². The highest BCUT2D eigenvalue weighted by Crippen LogP contribution is 2.43. The standard InChI is InChI=1S/C28H22ClI2NO5/c1-28(2)36-26(33)24(27(34)37-28)23(19-13-32-22-6-4-3-5-18(19)22)16-11-20(30)25(21(31)12-16)35-14-15-7-9-17(29)10-8-15/h3-13,23-24,32H,14H2,1-2H3/t23-/m1/s1. The monoisotopic (exact) mass is 741 g/mol. The molecule has 4 aromatic rings. The summed E-state index contributed by atoms with van der Waals surface area (Å²) in [4.78, 5) is 29.7. The second kappa shape index (κ2) is 10.5. The van der Waals surface area contributed by atoms with Crippen molar-refractivity contribution in [1.29, 1.82) is 0 Å². The number of aromatic amines is 1. The molecule has 0 radical (unpaired) electrons. The Morgan fingerprint density at radius 1 is 1.00 bits per heavy atom. The summed E-state index contributed by atoms with van der Waals surface area (Å²) in [5.41, 5.74) is 3.51. The van der Waals surface area contributed by atoms with Crippen LogP contribution in [0.2, 0.25) is 5.02 Å². The number of benzene rings is 3. The van der Waals surface area contributed by atoms with Gasteiger partial charge in [0.05, 0.1) is 7.14 Å². The van der Waals surface area contributed by atoms with Crippen LogP contribution in [0.25, 0.3) is 10.9 Å². The molecule has 5 rings (SSSR count). The first-order valence-electron chi connectivity index (χ1n) is 11.5. The van der Waals surface area contributed by atoms with Crippen LogP contribution in [-0.4, -0.2) is 22.7 Å². The molecule has 1 fully saturated rings. The van der Waals surface area contributed by atoms with Gasteiger partial charge < -0.3 is 19.2 Å². The van der Waals surface area contributed by atoms with E-state index >= 15 is 0 Å². The third-order valence-corrected chi connectivity index (χ3v) is 8.02. The van der Waals surface area contributed by atoms with E-state index in [9.17, 15) is 9.59 Å². The zero-order chi connectivity index (χ0) is 26.3. The van der Waals surface area contributed by atoms with Crippen molar-refractivity contribution in [3.05, 3.63) is 95.7 Å². The van der Waals surface area contributed by atoms with Gasteiger partial charge in [0.1, 0.15) is 12.4 Å². The second-order valence-electron chi connectivity index (χ2n) is 9.22. The van der Waals surface area contributed by atoms with Gasteiger partial charge in [-0.05, 0) is 92.2 Å². The number of fused-ring (bicyclic) bond motifs is 1. The number of cyclic esters (lactones) is 2. The summed E-state index contributed by atoms with van der Waals surface area (Å²) in [5, 5.41) is 1.59. The molecule has 0 spiro atoms. The Bertz CT molecular complexity index is 1460. The molecule has 0 amide bonds. The maximum atomic E-state index is 13.2. The minimum atomic E-state index is -1.31. The molecule has 1 aliphatic rings. The number of H-pyrrole nitrogens is 1. The van der Waals surface area contributed by atoms with Crippen LogP contribution in [0.1, 0.15) is 36.5 Å². The fourth-order valence-corrected chi connectivity index (χ4v) is 6.79. The number of ether oxygens (including phenoxy) is 3. The maximum absolute atomic E-state index is 13.2. The molecule has 1 saturated heterocycles. The van der Waals surface area contributed by atoms with E-state index in [1.807, 2.05) is 66.9 Å². The van der Waals surface area contributed by atoms with Crippen molar-refractivity contribution in [2.24, 2.45) is 5.92 Å². The van der Waals surface area contributed by atoms with Crippen molar-refractivity contribution in [2.45, 2.75) is 32.2 Å². The first kappa shape index (κ1) is 26.3. The van der Waals surface area contributed by atoms with Crippen LogP contribution in [-0.2, 0) is 25.7 Å². The normalized spacial score (nSPS) is 16.4. The topological polar surface area (TPSA) is 77.6 Å². The lowest BCUT2D eigenvalue weighted by Gasteiger charge is -2.36. The maximum Gasteiger partial charge on any atom is 0.324 e. The largest absolute Gasteiger partial charge is 0.487 e. The molecule has 1 aliphatic heterocycles. The third kappa shape index (κ3) is 5.46. The van der Waals surface area contributed by atoms with Gasteiger partial charge in [-0.2, -0.15) is 0 Å². The minimum absolute atomic E-state index is 0.380. The highest BCUT2D eigenvalue weighted by molar-refractivity contribution is 14.1. The van der Waals surface area contributed by atoms with Gasteiger partial charge in [-0.15, -0.1) is 0 Å². The van der Waals surface area contributed by atoms with Crippen molar-refractivity contribution >= 4 is 79.6 Å². The van der Waals surface area contributed by atoms with E-state index in [4.69, 9.17) is 25.8 Å². The van der Waals surface area contributed by atoms with E-state index in [-0.39, 0.29) is 0 Å². The number of rotatable bonds is 6. The zero-order valence-corrected chi connectivity index (χ0v) is 25.0. The number of nitrogens with one attached hydrogen (secondary N) is 1. The molecule has 3 aromatic carbocycles. The van der Waals surface area contributed by atoms with Gasteiger partial charge in [-0.3, -0.25) is 9.59 Å². The number of hydrogen-bond donors (Lipinski definition) is 1. The van der Waals surface area contributed by atoms with Crippen molar-refractivity contribution in [3.8, 4) is 5.75 Å². The average Bonchev–Trinajstić information content (AvgIpc) is 3.25. The molecule has 1 atom stereocenters. The molecule has 37 heavy (non-hydrogen) atoms. The summed E-state index contributed by atoms with van der Waals surface area (Å²) in [6.45, 7) is 3.49. The lowest BCUT2D eigenvalue weighted by atomic mass is 9.80. The number of para-hydroxylation sites is 1. The van der Waals surface area contributed by atoms with E-state index in [2.05, 4.69) is 50.2 Å². The van der Waals surface area contributed by atoms with Gasteiger partial charge in [-0.1, -0.05) is 41.9 Å². The van der Waals surface area contributed by atoms with Crippen LogP contribution in [0.3, 0.4) is 0 Å². The summed E-state index contributed by atoms with van der Waals surface area (Å²) in [6, 6.07) is 19.2. The quantitative estimate of drug-likeness (QED) is 0.129. The Morgan fingerprint density at radius 2 is 1.62 bits per heavy atom. The molecule has 2 heterocycles. The van der Waals surface area contributed by atoms with Crippen LogP contribution in [0.4, 0.5) is 0 Å². The number of carbonyl (C=O) groups excluding carboxylic acids is 2. The molecular weight excluding hydrogens is 720 g/mol. The van der Waals surface area contributed by atoms with E-state index in [0.29, 0.717) is 11.6 Å². The van der Waals surface area contributed by atoms with Crippen molar-refractivity contribution < 1.29 is 23.8 Å². The Morgan fingerprint density at radius 3 is 2.27 bits per heavy atom. The lowest BCUT2D eigenvalue weighted by molar-refractivity contribution is -0.240. The van der Waals surface area contributed by atoms with Crippen LogP contribution < -0.4 is 4.74 Å². The second-order valence-corrected chi connectivity index (χ2v) is 12.0. The minimum Gasteiger partial charge on any atom is -0.487 e. The number of aromatic nitrogens is 1. The summed E-state index contributed by atoms with van der Waals surface area (Å²) in [5.74, 6) is -3.57. The van der Waals surface area contributed by atoms with Gasteiger partial charge in [0.2, 0.25) is 0 Å². The zero-order valence-electron chi connectivity index (χ0n) is 19.9. The van der Waals surface area contributed by atoms with Crippen molar-refractivity contribution in [2.75, 3.05) is 0 Å². The highest BCUT2D eigenvalue weighted by atomic mass is 127. The fraction of sp³-hybridized carbons (Fsp3) is 0.214. The van der Waals surface area contributed by atoms with E-state index < -0.39 is 29.6 Å². The Labute approximate surface area is 246 Å². The Balaban J connectivity index is 1.56. The number of halogens is 3. The predicted molar refractivity (Wildman–Crippen MR) is 158 cm³/mol. The van der Waals surface area contributed by atoms with Crippen LogP contribution >= 0.6 is 56.8 Å². The van der Waals surface area contributed by atoms with Crippen molar-refractivity contribution in [1.82, 2.24) is 4.98 Å². The van der Waals surface area contributed by atoms with Crippen LogP contribution in [0.15, 0.2) is 66.9 Å². The SMILES string of the molecule is CC1(C)OC(=O)C([C@H](c2cc(I)c(OCc3ccc(Cl)cc3)c(I)c2)c2c[nH]c3ccccc23)C(=O)O1. The molecule has 9 heteroatoms. The molecule has 190 valence electrons. The third-order valence-electron chi connectivity index (χ3n) is 6.17. The first-order chi connectivity index (χ1) is 17.6. The molecule has 0 saturated carbocycles. The summed E-state index contributed by atoms with van der Waals surface area (Å²) in [7, 11) is 0. The number of esters is 2. The molecule has 6 nitrogen and oxygen atoms in total. The van der Waals surface area contributed by atoms with Crippen molar-refractivity contribution in [3.63, 3.8) is 0 Å². The Hall–Kier alpha value is -2.31. The molecule has 1 N–H and O–H groups in total. The van der Waals surface area contributed by atoms with Gasteiger partial charge in [-0.25, -0.2) is 0 Å². The van der Waals surface area contributed by atoms with Gasteiger partial charge in [0.15, 0.2) is 5.92 Å². The first-order valence-corrected chi connectivity index (χ1v) is 14.0. The molecule has 0 bridgehead atoms. The van der Waals surface area contributed by atoms with Crippen LogP contribution in [0, 0.1) is 13.1 Å². The smallest absolute Gasteiger partial charge is 0.324 e. The van der Waals surface area contributed by atoms with Gasteiger partial charge in [0, 0.05) is 41.9 Å². The molecule has 0 aliphatic carbocycles. The summed E-state index contributed by atoms with van der Waals surface area (Å²) in [6.07, 6.45) is 1.85. The molecule has 0 unspecified atom stereocenters. The average molecular weight is 742 g/mol. The van der Waals surface area contributed by atoms with Crippen LogP contribution in [0.5, 0.6) is 5.75 Å². The lowest BCUT2D eigenvalue weighted by Crippen LogP contribution is -2.48. The van der Waals surface area contributed by atoms with Gasteiger partial charge in [0.25, 0.3) is 5.79 Å². The molecule has 1 aromatic heterocycles. The summed E-state index contributed by atoms with van der Waals surface area (Å²) >= 11 is 10.4. The summed E-state index contributed by atoms with van der Waals surface area (Å²) < 4.78 is 18.9. The van der Waals surface area contributed by atoms with E-state index in [1.165, 1.54) is 0 Å². The number of carbonyl (C=O) groups is 2.